The highest BCUT2D eigenvalue weighted by molar-refractivity contribution is 7.71. The largest absolute Gasteiger partial charge is 0.378 e. The van der Waals surface area contributed by atoms with Crippen molar-refractivity contribution in [2.24, 2.45) is 5.10 Å². The van der Waals surface area contributed by atoms with E-state index in [2.05, 4.69) is 65.2 Å². The van der Waals surface area contributed by atoms with Crippen molar-refractivity contribution in [1.29, 1.82) is 0 Å². The Hall–Kier alpha value is -2.73. The van der Waals surface area contributed by atoms with Crippen LogP contribution in [0.3, 0.4) is 0 Å². The summed E-state index contributed by atoms with van der Waals surface area (Å²) in [6.45, 7) is 6.61. The highest BCUT2D eigenvalue weighted by Crippen LogP contribution is 2.23. The van der Waals surface area contributed by atoms with Gasteiger partial charge in [0, 0.05) is 25.3 Å². The molecule has 1 N–H and O–H groups in total. The fraction of sp³-hybridized carbons (Fsp3) is 0.286. The molecule has 1 heterocycles. The van der Waals surface area contributed by atoms with Gasteiger partial charge in [-0.05, 0) is 53.0 Å². The van der Waals surface area contributed by atoms with Crippen molar-refractivity contribution in [3.05, 3.63) is 64.4 Å². The van der Waals surface area contributed by atoms with Gasteiger partial charge in [-0.25, -0.2) is 5.10 Å². The summed E-state index contributed by atoms with van der Waals surface area (Å²) in [6.07, 6.45) is 1.80. The number of H-pyrrole nitrogens is 1. The minimum Gasteiger partial charge on any atom is -0.378 e. The second kappa shape index (κ2) is 7.48. The lowest BCUT2D eigenvalue weighted by Crippen LogP contribution is -2.10. The van der Waals surface area contributed by atoms with E-state index < -0.39 is 0 Å². The van der Waals surface area contributed by atoms with Gasteiger partial charge in [0.05, 0.1) is 6.21 Å². The highest BCUT2D eigenvalue weighted by Gasteiger charge is 2.12. The predicted molar refractivity (Wildman–Crippen MR) is 115 cm³/mol. The number of aromatic nitrogens is 3. The van der Waals surface area contributed by atoms with E-state index in [0.29, 0.717) is 10.6 Å². The summed E-state index contributed by atoms with van der Waals surface area (Å²) in [5.74, 6) is 0.688. The molecule has 0 saturated heterocycles. The van der Waals surface area contributed by atoms with Gasteiger partial charge in [0.15, 0.2) is 5.82 Å². The van der Waals surface area contributed by atoms with Crippen LogP contribution in [0, 0.1) is 4.77 Å². The van der Waals surface area contributed by atoms with Gasteiger partial charge in [-0.2, -0.15) is 14.9 Å². The summed E-state index contributed by atoms with van der Waals surface area (Å²) in [6, 6.07) is 16.5. The lowest BCUT2D eigenvalue weighted by molar-refractivity contribution is 0.590. The topological polar surface area (TPSA) is 49.2 Å². The van der Waals surface area contributed by atoms with E-state index in [9.17, 15) is 0 Å². The molecule has 0 fully saturated rings. The molecular formula is C21H25N5S. The van der Waals surface area contributed by atoms with Crippen LogP contribution in [0.2, 0.25) is 0 Å². The number of hydrogen-bond acceptors (Lipinski definition) is 4. The molecule has 0 unspecified atom stereocenters. The molecule has 27 heavy (non-hydrogen) atoms. The number of benzene rings is 2. The van der Waals surface area contributed by atoms with E-state index in [0.717, 1.165) is 16.8 Å². The van der Waals surface area contributed by atoms with Crippen LogP contribution in [-0.4, -0.2) is 35.2 Å². The van der Waals surface area contributed by atoms with Gasteiger partial charge in [0.25, 0.3) is 0 Å². The van der Waals surface area contributed by atoms with Gasteiger partial charge in [0.1, 0.15) is 0 Å². The van der Waals surface area contributed by atoms with Crippen LogP contribution in [0.5, 0.6) is 0 Å². The van der Waals surface area contributed by atoms with E-state index in [-0.39, 0.29) is 5.41 Å². The van der Waals surface area contributed by atoms with Crippen molar-refractivity contribution in [2.45, 2.75) is 26.2 Å². The van der Waals surface area contributed by atoms with Gasteiger partial charge >= 0.3 is 0 Å². The minimum atomic E-state index is 0.134. The zero-order valence-electron chi connectivity index (χ0n) is 16.4. The molecule has 2 aromatic carbocycles. The fourth-order valence-corrected chi connectivity index (χ4v) is 2.87. The zero-order valence-corrected chi connectivity index (χ0v) is 17.2. The van der Waals surface area contributed by atoms with Gasteiger partial charge in [0.2, 0.25) is 4.77 Å². The highest BCUT2D eigenvalue weighted by atomic mass is 32.1. The Morgan fingerprint density at radius 1 is 1.04 bits per heavy atom. The Kier molecular flexibility index (Phi) is 5.28. The number of anilines is 1. The molecule has 0 aliphatic heterocycles. The first-order valence-electron chi connectivity index (χ1n) is 8.86. The number of nitrogens with zero attached hydrogens (tertiary/aromatic N) is 4. The molecule has 140 valence electrons. The Morgan fingerprint density at radius 2 is 1.67 bits per heavy atom. The number of rotatable bonds is 4. The van der Waals surface area contributed by atoms with Gasteiger partial charge in [-0.15, -0.1) is 0 Å². The lowest BCUT2D eigenvalue weighted by atomic mass is 9.87. The van der Waals surface area contributed by atoms with Crippen molar-refractivity contribution in [3.8, 4) is 11.4 Å². The van der Waals surface area contributed by atoms with E-state index in [1.54, 1.807) is 10.9 Å². The zero-order chi connectivity index (χ0) is 19.6. The molecule has 0 saturated carbocycles. The summed E-state index contributed by atoms with van der Waals surface area (Å²) < 4.78 is 2.11. The molecule has 0 amide bonds. The van der Waals surface area contributed by atoms with Crippen LogP contribution in [0.4, 0.5) is 5.69 Å². The van der Waals surface area contributed by atoms with Crippen molar-refractivity contribution in [1.82, 2.24) is 14.9 Å². The van der Waals surface area contributed by atoms with Crippen LogP contribution < -0.4 is 4.90 Å². The van der Waals surface area contributed by atoms with Crippen LogP contribution in [0.25, 0.3) is 11.4 Å². The molecule has 1 aromatic heterocycles. The summed E-state index contributed by atoms with van der Waals surface area (Å²) in [7, 11) is 4.03. The van der Waals surface area contributed by atoms with E-state index in [1.165, 1.54) is 5.56 Å². The van der Waals surface area contributed by atoms with Gasteiger partial charge < -0.3 is 4.90 Å². The average Bonchev–Trinajstić information content (AvgIpc) is 3.00. The molecular weight excluding hydrogens is 354 g/mol. The maximum atomic E-state index is 5.35. The number of nitrogens with one attached hydrogen (secondary N) is 1. The SMILES string of the molecule is CN(C)c1ccc(-c2n[nH]c(=S)n2/N=C\c2ccc(C(C)(C)C)cc2)cc1. The molecule has 0 atom stereocenters. The fourth-order valence-electron chi connectivity index (χ4n) is 2.69. The Morgan fingerprint density at radius 3 is 2.22 bits per heavy atom. The number of aromatic amines is 1. The average molecular weight is 380 g/mol. The molecule has 3 rings (SSSR count). The Labute approximate surface area is 165 Å². The summed E-state index contributed by atoms with van der Waals surface area (Å²) in [4.78, 5) is 2.06. The van der Waals surface area contributed by atoms with Crippen LogP contribution in [-0.2, 0) is 5.41 Å². The second-order valence-electron chi connectivity index (χ2n) is 7.72. The van der Waals surface area contributed by atoms with Gasteiger partial charge in [-0.1, -0.05) is 45.0 Å². The maximum absolute atomic E-state index is 5.35. The third-order valence-electron chi connectivity index (χ3n) is 4.39. The Bertz CT molecular complexity index is 987. The summed E-state index contributed by atoms with van der Waals surface area (Å²) >= 11 is 5.35. The molecule has 0 aliphatic rings. The van der Waals surface area contributed by atoms with Crippen LogP contribution >= 0.6 is 12.2 Å². The van der Waals surface area contributed by atoms with E-state index >= 15 is 0 Å². The van der Waals surface area contributed by atoms with Crippen molar-refractivity contribution >= 4 is 24.1 Å². The molecule has 5 nitrogen and oxygen atoms in total. The third kappa shape index (κ3) is 4.34. The maximum Gasteiger partial charge on any atom is 0.216 e. The van der Waals surface area contributed by atoms with E-state index in [1.807, 2.05) is 38.4 Å². The molecule has 0 aliphatic carbocycles. The second-order valence-corrected chi connectivity index (χ2v) is 8.11. The predicted octanol–water partition coefficient (Wildman–Crippen LogP) is 4.85. The normalized spacial score (nSPS) is 11.9. The molecule has 3 aromatic rings. The monoisotopic (exact) mass is 379 g/mol. The van der Waals surface area contributed by atoms with Crippen molar-refractivity contribution in [3.63, 3.8) is 0 Å². The standard InChI is InChI=1S/C21H25N5S/c1-21(2,3)17-10-6-15(7-11-17)14-22-26-19(23-24-20(26)27)16-8-12-18(13-9-16)25(4)5/h6-14H,1-5H3,(H,24,27)/b22-14-. The smallest absolute Gasteiger partial charge is 0.216 e. The molecule has 0 radical (unpaired) electrons. The molecule has 0 bridgehead atoms. The third-order valence-corrected chi connectivity index (χ3v) is 4.66. The Balaban J connectivity index is 1.89. The minimum absolute atomic E-state index is 0.134. The van der Waals surface area contributed by atoms with Crippen molar-refractivity contribution < 1.29 is 0 Å². The summed E-state index contributed by atoms with van der Waals surface area (Å²) in [5.41, 5.74) is 4.52. The van der Waals surface area contributed by atoms with Crippen LogP contribution in [0.15, 0.2) is 53.6 Å². The van der Waals surface area contributed by atoms with Crippen molar-refractivity contribution in [2.75, 3.05) is 19.0 Å². The molecule has 6 heteroatoms. The first-order chi connectivity index (χ1) is 12.8. The first kappa shape index (κ1) is 19.0. The molecule has 0 spiro atoms. The van der Waals surface area contributed by atoms with Gasteiger partial charge in [-0.3, -0.25) is 0 Å². The van der Waals surface area contributed by atoms with E-state index in [4.69, 9.17) is 12.2 Å². The quantitative estimate of drug-likeness (QED) is 0.520. The van der Waals surface area contributed by atoms with Crippen LogP contribution in [0.1, 0.15) is 31.9 Å². The first-order valence-corrected chi connectivity index (χ1v) is 9.26. The number of hydrogen-bond donors (Lipinski definition) is 1. The lowest BCUT2D eigenvalue weighted by Gasteiger charge is -2.18. The summed E-state index contributed by atoms with van der Waals surface area (Å²) in [5, 5.41) is 11.7.